The molecule has 1 unspecified atom stereocenters. The molecule has 3 heterocycles. The fourth-order valence-electron chi connectivity index (χ4n) is 4.28. The average molecular weight is 546 g/mol. The lowest BCUT2D eigenvalue weighted by molar-refractivity contribution is 0.301. The lowest BCUT2D eigenvalue weighted by atomic mass is 10.1. The molecule has 0 aliphatic carbocycles. The molecular weight excluding hydrogens is 514 g/mol. The van der Waals surface area contributed by atoms with Gasteiger partial charge in [0.15, 0.2) is 0 Å². The number of nitrogens with zero attached hydrogens (tertiary/aromatic N) is 5. The zero-order valence-electron chi connectivity index (χ0n) is 22.1. The Hall–Kier alpha value is -3.95. The maximum Gasteiger partial charge on any atom is 0.289 e. The molecule has 0 fully saturated rings. The number of aromatic nitrogens is 3. The first-order chi connectivity index (χ1) is 19.0. The molecule has 2 aromatic heterocycles. The lowest BCUT2D eigenvalue weighted by Crippen LogP contribution is -2.15. The van der Waals surface area contributed by atoms with Gasteiger partial charge in [0.2, 0.25) is 0 Å². The largest absolute Gasteiger partial charge is 0.486 e. The Morgan fingerprint density at radius 1 is 1.05 bits per heavy atom. The molecule has 5 rings (SSSR count). The Bertz CT molecular complexity index is 1430. The average Bonchev–Trinajstić information content (AvgIpc) is 3.38. The summed E-state index contributed by atoms with van der Waals surface area (Å²) in [7, 11) is 4.17. The van der Waals surface area contributed by atoms with Gasteiger partial charge in [-0.1, -0.05) is 17.7 Å². The van der Waals surface area contributed by atoms with E-state index in [0.29, 0.717) is 36.6 Å². The van der Waals surface area contributed by atoms with Crippen molar-refractivity contribution >= 4 is 39.9 Å². The van der Waals surface area contributed by atoms with E-state index in [9.17, 15) is 0 Å². The van der Waals surface area contributed by atoms with Crippen LogP contribution in [0, 0.1) is 0 Å². The number of hydrogen-bond donors (Lipinski definition) is 2. The Labute approximate surface area is 233 Å². The van der Waals surface area contributed by atoms with Crippen molar-refractivity contribution < 1.29 is 9.47 Å². The summed E-state index contributed by atoms with van der Waals surface area (Å²) in [6, 6.07) is 18.1. The maximum atomic E-state index is 6.48. The number of fused-ring (bicyclic) bond motifs is 1. The zero-order valence-corrected chi connectivity index (χ0v) is 22.9. The molecule has 0 saturated heterocycles. The van der Waals surface area contributed by atoms with Crippen LogP contribution in [0.4, 0.5) is 11.4 Å². The molecule has 0 spiro atoms. The van der Waals surface area contributed by atoms with Gasteiger partial charge in [-0.15, -0.1) is 0 Å². The highest BCUT2D eigenvalue weighted by Gasteiger charge is 2.19. The first-order valence-electron chi connectivity index (χ1n) is 13.0. The zero-order chi connectivity index (χ0) is 27.0. The van der Waals surface area contributed by atoms with E-state index in [4.69, 9.17) is 26.1 Å². The monoisotopic (exact) mass is 545 g/mol. The molecule has 9 nitrogen and oxygen atoms in total. The summed E-state index contributed by atoms with van der Waals surface area (Å²) < 4.78 is 11.6. The van der Waals surface area contributed by atoms with Crippen molar-refractivity contribution in [1.82, 2.24) is 19.9 Å². The van der Waals surface area contributed by atoms with Gasteiger partial charge in [-0.25, -0.2) is 15.0 Å². The van der Waals surface area contributed by atoms with Crippen molar-refractivity contribution in [2.24, 2.45) is 4.99 Å². The van der Waals surface area contributed by atoms with Gasteiger partial charge in [0.05, 0.1) is 34.5 Å². The van der Waals surface area contributed by atoms with Gasteiger partial charge in [0.1, 0.15) is 25.3 Å². The lowest BCUT2D eigenvalue weighted by Gasteiger charge is -2.12. The van der Waals surface area contributed by atoms with Gasteiger partial charge in [-0.05, 0) is 82.0 Å². The maximum absolute atomic E-state index is 6.48. The van der Waals surface area contributed by atoms with Gasteiger partial charge >= 0.3 is 0 Å². The van der Waals surface area contributed by atoms with Crippen LogP contribution in [0.2, 0.25) is 5.02 Å². The molecule has 1 atom stereocenters. The molecular formula is C29H32ClN7O2. The van der Waals surface area contributed by atoms with Crippen LogP contribution >= 0.6 is 11.6 Å². The molecule has 10 heteroatoms. The van der Waals surface area contributed by atoms with Crippen LogP contribution < -0.4 is 15.4 Å². The third-order valence-corrected chi connectivity index (χ3v) is 6.61. The minimum atomic E-state index is 0.189. The number of nitrogens with one attached hydrogen (secondary N) is 2. The normalized spacial score (nSPS) is 14.8. The molecule has 0 amide bonds. The Kier molecular flexibility index (Phi) is 8.70. The molecule has 1 aliphatic heterocycles. The number of anilines is 2. The number of aliphatic imine (C=N–C) groups is 1. The predicted octanol–water partition coefficient (Wildman–Crippen LogP) is 5.38. The van der Waals surface area contributed by atoms with Gasteiger partial charge < -0.3 is 25.0 Å². The fraction of sp³-hybridized carbons (Fsp3) is 0.310. The summed E-state index contributed by atoms with van der Waals surface area (Å²) in [5, 5.41) is 8.17. The van der Waals surface area contributed by atoms with Crippen molar-refractivity contribution in [2.75, 3.05) is 37.9 Å². The van der Waals surface area contributed by atoms with Gasteiger partial charge in [-0.2, -0.15) is 0 Å². The molecule has 202 valence electrons. The van der Waals surface area contributed by atoms with Crippen molar-refractivity contribution in [3.63, 3.8) is 0 Å². The van der Waals surface area contributed by atoms with E-state index in [1.165, 1.54) is 0 Å². The first kappa shape index (κ1) is 26.6. The second kappa shape index (κ2) is 12.7. The van der Waals surface area contributed by atoms with Crippen LogP contribution in [0.25, 0.3) is 10.9 Å². The summed E-state index contributed by atoms with van der Waals surface area (Å²) in [6.07, 6.45) is 5.42. The number of rotatable bonds is 11. The highest BCUT2D eigenvalue weighted by Crippen LogP contribution is 2.29. The predicted molar refractivity (Wildman–Crippen MR) is 155 cm³/mol. The van der Waals surface area contributed by atoms with E-state index in [0.717, 1.165) is 53.1 Å². The van der Waals surface area contributed by atoms with Crippen LogP contribution in [0.5, 0.6) is 5.75 Å². The van der Waals surface area contributed by atoms with Crippen LogP contribution in [0.15, 0.2) is 72.1 Å². The number of benzene rings is 2. The molecule has 0 radical (unpaired) electrons. The van der Waals surface area contributed by atoms with Crippen LogP contribution in [0.3, 0.4) is 0 Å². The molecule has 0 bridgehead atoms. The summed E-state index contributed by atoms with van der Waals surface area (Å²) in [5.74, 6) is 0.605. The molecule has 1 aliphatic rings. The molecule has 39 heavy (non-hydrogen) atoms. The summed E-state index contributed by atoms with van der Waals surface area (Å²) in [4.78, 5) is 20.1. The van der Waals surface area contributed by atoms with Crippen molar-refractivity contribution in [3.8, 4) is 5.75 Å². The summed E-state index contributed by atoms with van der Waals surface area (Å²) in [6.45, 7) is 2.51. The topological polar surface area (TPSA) is 96.8 Å². The van der Waals surface area contributed by atoms with Crippen molar-refractivity contribution in [2.45, 2.75) is 32.0 Å². The molecule has 2 N–H and O–H groups in total. The van der Waals surface area contributed by atoms with Crippen LogP contribution in [-0.4, -0.2) is 59.2 Å². The number of halogens is 1. The highest BCUT2D eigenvalue weighted by atomic mass is 35.5. The smallest absolute Gasteiger partial charge is 0.289 e. The van der Waals surface area contributed by atoms with Crippen molar-refractivity contribution in [3.05, 3.63) is 83.5 Å². The van der Waals surface area contributed by atoms with Gasteiger partial charge in [0.25, 0.3) is 6.02 Å². The summed E-state index contributed by atoms with van der Waals surface area (Å²) in [5.41, 5.74) is 4.31. The van der Waals surface area contributed by atoms with Crippen LogP contribution in [-0.2, 0) is 17.9 Å². The second-order valence-electron chi connectivity index (χ2n) is 9.63. The third-order valence-electron chi connectivity index (χ3n) is 6.32. The highest BCUT2D eigenvalue weighted by molar-refractivity contribution is 6.32. The molecule has 4 aromatic rings. The minimum Gasteiger partial charge on any atom is -0.486 e. The van der Waals surface area contributed by atoms with E-state index in [2.05, 4.69) is 44.6 Å². The van der Waals surface area contributed by atoms with Crippen LogP contribution in [0.1, 0.15) is 24.2 Å². The summed E-state index contributed by atoms with van der Waals surface area (Å²) >= 11 is 6.48. The van der Waals surface area contributed by atoms with Crippen molar-refractivity contribution in [1.29, 1.82) is 0 Å². The molecule has 0 saturated carbocycles. The number of hydrogen-bond acceptors (Lipinski definition) is 9. The third kappa shape index (κ3) is 7.34. The minimum absolute atomic E-state index is 0.189. The number of amidine groups is 1. The van der Waals surface area contributed by atoms with E-state index in [1.54, 1.807) is 12.5 Å². The van der Waals surface area contributed by atoms with E-state index in [1.807, 2.05) is 54.6 Å². The number of ether oxygens (including phenoxy) is 2. The van der Waals surface area contributed by atoms with Gasteiger partial charge in [0, 0.05) is 23.0 Å². The van der Waals surface area contributed by atoms with Gasteiger partial charge in [-0.3, -0.25) is 4.98 Å². The standard InChI is InChI=1S/C29H32ClN7O2/c1-37(2)13-5-7-23-18-39-29(36-23)35-21-8-10-26-24(14-21)27(34-19-33-26)16-32-20-9-11-28(25(30)15-20)38-17-22-6-3-4-12-31-22/h3-4,6,8-12,14-15,19,23,32H,5,7,13,16-18H2,1-2H3,(H,35,36). The van der Waals surface area contributed by atoms with E-state index >= 15 is 0 Å². The number of pyridine rings is 1. The van der Waals surface area contributed by atoms with E-state index < -0.39 is 0 Å². The quantitative estimate of drug-likeness (QED) is 0.259. The Morgan fingerprint density at radius 3 is 2.77 bits per heavy atom. The Morgan fingerprint density at radius 2 is 1.95 bits per heavy atom. The second-order valence-corrected chi connectivity index (χ2v) is 10.0. The first-order valence-corrected chi connectivity index (χ1v) is 13.3. The fourth-order valence-corrected chi connectivity index (χ4v) is 4.51. The SMILES string of the molecule is CN(C)CCCC1COC(Nc2ccc3ncnc(CNc4ccc(OCc5ccccn5)c(Cl)c4)c3c2)=N1. The Balaban J connectivity index is 1.21. The van der Waals surface area contributed by atoms with E-state index in [-0.39, 0.29) is 6.04 Å². The molecule has 2 aromatic carbocycles.